The number of hydrogen-bond acceptors (Lipinski definition) is 4. The summed E-state index contributed by atoms with van der Waals surface area (Å²) in [7, 11) is 0. The Morgan fingerprint density at radius 3 is 2.94 bits per heavy atom. The van der Waals surface area contributed by atoms with Crippen molar-refractivity contribution in [3.05, 3.63) is 22.7 Å². The highest BCUT2D eigenvalue weighted by Gasteiger charge is 2.23. The van der Waals surface area contributed by atoms with Crippen LogP contribution in [0.5, 0.6) is 11.5 Å². The number of aliphatic hydroxyl groups excluding tert-OH is 1. The van der Waals surface area contributed by atoms with Crippen molar-refractivity contribution in [3.63, 3.8) is 0 Å². The van der Waals surface area contributed by atoms with Gasteiger partial charge in [-0.25, -0.2) is 0 Å². The molecule has 4 nitrogen and oxygen atoms in total. The standard InChI is InChI=1S/C12H15BrO4/c13-11-3-2-9(15-5-1-4-14)6-12(11)17-8-10-7-16-10/h2-3,6,10,14H,1,4-5,7-8H2. The van der Waals surface area contributed by atoms with Crippen molar-refractivity contribution in [2.24, 2.45) is 0 Å². The van der Waals surface area contributed by atoms with Gasteiger partial charge in [-0.2, -0.15) is 0 Å². The zero-order valence-electron chi connectivity index (χ0n) is 9.39. The SMILES string of the molecule is OCCCOc1ccc(Br)c(OCC2CO2)c1. The summed E-state index contributed by atoms with van der Waals surface area (Å²) < 4.78 is 17.1. The van der Waals surface area contributed by atoms with E-state index >= 15 is 0 Å². The number of rotatable bonds is 7. The van der Waals surface area contributed by atoms with Crippen LogP contribution in [0.3, 0.4) is 0 Å². The van der Waals surface area contributed by atoms with E-state index in [2.05, 4.69) is 15.9 Å². The summed E-state index contributed by atoms with van der Waals surface area (Å²) in [6, 6.07) is 5.59. The molecule has 0 radical (unpaired) electrons. The van der Waals surface area contributed by atoms with Crippen LogP contribution in [0.4, 0.5) is 0 Å². The maximum Gasteiger partial charge on any atom is 0.137 e. The number of aliphatic hydroxyl groups is 1. The third kappa shape index (κ3) is 4.18. The summed E-state index contributed by atoms with van der Waals surface area (Å²) in [4.78, 5) is 0. The van der Waals surface area contributed by atoms with Crippen molar-refractivity contribution in [2.75, 3.05) is 26.4 Å². The van der Waals surface area contributed by atoms with Crippen molar-refractivity contribution in [1.29, 1.82) is 0 Å². The van der Waals surface area contributed by atoms with Gasteiger partial charge in [-0.3, -0.25) is 0 Å². The molecule has 1 aliphatic rings. The number of hydrogen-bond donors (Lipinski definition) is 1. The summed E-state index contributed by atoms with van der Waals surface area (Å²) in [6.07, 6.45) is 0.864. The van der Waals surface area contributed by atoms with Crippen molar-refractivity contribution in [1.82, 2.24) is 0 Å². The van der Waals surface area contributed by atoms with E-state index < -0.39 is 0 Å². The molecule has 1 fully saturated rings. The third-order valence-corrected chi connectivity index (χ3v) is 2.96. The van der Waals surface area contributed by atoms with E-state index in [-0.39, 0.29) is 12.7 Å². The molecule has 0 aromatic heterocycles. The normalized spacial score (nSPS) is 17.9. The first-order valence-corrected chi connectivity index (χ1v) is 6.36. The minimum absolute atomic E-state index is 0.138. The van der Waals surface area contributed by atoms with Crippen LogP contribution in [0.1, 0.15) is 6.42 Å². The van der Waals surface area contributed by atoms with Crippen molar-refractivity contribution in [3.8, 4) is 11.5 Å². The Morgan fingerprint density at radius 1 is 1.41 bits per heavy atom. The number of halogens is 1. The fourth-order valence-electron chi connectivity index (χ4n) is 1.29. The molecule has 1 saturated heterocycles. The first-order valence-electron chi connectivity index (χ1n) is 5.57. The van der Waals surface area contributed by atoms with E-state index in [9.17, 15) is 0 Å². The first-order chi connectivity index (χ1) is 8.29. The summed E-state index contributed by atoms with van der Waals surface area (Å²) in [5.74, 6) is 1.50. The fraction of sp³-hybridized carbons (Fsp3) is 0.500. The smallest absolute Gasteiger partial charge is 0.137 e. The Bertz CT molecular complexity index is 366. The van der Waals surface area contributed by atoms with Gasteiger partial charge in [0.25, 0.3) is 0 Å². The molecular formula is C12H15BrO4. The molecule has 1 aliphatic heterocycles. The molecule has 1 unspecified atom stereocenters. The van der Waals surface area contributed by atoms with Crippen LogP contribution < -0.4 is 9.47 Å². The second-order valence-electron chi connectivity index (χ2n) is 3.78. The average molecular weight is 303 g/mol. The molecule has 17 heavy (non-hydrogen) atoms. The quantitative estimate of drug-likeness (QED) is 0.618. The molecule has 1 heterocycles. The third-order valence-electron chi connectivity index (χ3n) is 2.30. The Balaban J connectivity index is 1.90. The average Bonchev–Trinajstić information content (AvgIpc) is 3.14. The summed E-state index contributed by atoms with van der Waals surface area (Å²) in [5, 5.41) is 8.67. The molecule has 0 aliphatic carbocycles. The molecule has 2 rings (SSSR count). The van der Waals surface area contributed by atoms with Gasteiger partial charge in [0.1, 0.15) is 24.2 Å². The number of epoxide rings is 1. The van der Waals surface area contributed by atoms with Crippen LogP contribution in [-0.4, -0.2) is 37.6 Å². The van der Waals surface area contributed by atoms with Crippen molar-refractivity contribution in [2.45, 2.75) is 12.5 Å². The minimum atomic E-state index is 0.138. The molecule has 0 bridgehead atoms. The van der Waals surface area contributed by atoms with Crippen LogP contribution in [0.15, 0.2) is 22.7 Å². The van der Waals surface area contributed by atoms with Gasteiger partial charge in [-0.15, -0.1) is 0 Å². The van der Waals surface area contributed by atoms with E-state index in [1.54, 1.807) is 0 Å². The molecule has 0 saturated carbocycles. The molecule has 94 valence electrons. The van der Waals surface area contributed by atoms with Crippen LogP contribution in [0, 0.1) is 0 Å². The predicted octanol–water partition coefficient (Wildman–Crippen LogP) is 1.99. The van der Waals surface area contributed by atoms with Crippen LogP contribution in [0.25, 0.3) is 0 Å². The Morgan fingerprint density at radius 2 is 2.24 bits per heavy atom. The molecule has 1 aromatic rings. The van der Waals surface area contributed by atoms with Gasteiger partial charge in [-0.1, -0.05) is 0 Å². The van der Waals surface area contributed by atoms with Crippen LogP contribution in [0.2, 0.25) is 0 Å². The molecule has 0 spiro atoms. The topological polar surface area (TPSA) is 51.2 Å². The fourth-order valence-corrected chi connectivity index (χ4v) is 1.65. The monoisotopic (exact) mass is 302 g/mol. The highest BCUT2D eigenvalue weighted by atomic mass is 79.9. The van der Waals surface area contributed by atoms with E-state index in [0.717, 1.165) is 22.6 Å². The Kier molecular flexibility index (Phi) is 4.65. The van der Waals surface area contributed by atoms with E-state index in [4.69, 9.17) is 19.3 Å². The number of ether oxygens (including phenoxy) is 3. The summed E-state index contributed by atoms with van der Waals surface area (Å²) in [5.41, 5.74) is 0. The first kappa shape index (κ1) is 12.7. The van der Waals surface area contributed by atoms with Crippen molar-refractivity contribution >= 4 is 15.9 Å². The van der Waals surface area contributed by atoms with Crippen LogP contribution >= 0.6 is 15.9 Å². The van der Waals surface area contributed by atoms with Gasteiger partial charge in [0.05, 0.1) is 17.7 Å². The lowest BCUT2D eigenvalue weighted by Gasteiger charge is -2.10. The second-order valence-corrected chi connectivity index (χ2v) is 4.64. The van der Waals surface area contributed by atoms with Gasteiger partial charge in [0, 0.05) is 19.1 Å². The van der Waals surface area contributed by atoms with Crippen LogP contribution in [-0.2, 0) is 4.74 Å². The Labute approximate surface area is 109 Å². The van der Waals surface area contributed by atoms with Gasteiger partial charge >= 0.3 is 0 Å². The van der Waals surface area contributed by atoms with E-state index in [1.807, 2.05) is 18.2 Å². The highest BCUT2D eigenvalue weighted by Crippen LogP contribution is 2.30. The molecule has 0 amide bonds. The lowest BCUT2D eigenvalue weighted by molar-refractivity contribution is 0.231. The summed E-state index contributed by atoms with van der Waals surface area (Å²) in [6.45, 7) is 1.99. The van der Waals surface area contributed by atoms with E-state index in [1.165, 1.54) is 0 Å². The molecule has 1 N–H and O–H groups in total. The Hall–Kier alpha value is -0.780. The van der Waals surface area contributed by atoms with Gasteiger partial charge in [0.15, 0.2) is 0 Å². The highest BCUT2D eigenvalue weighted by molar-refractivity contribution is 9.10. The lowest BCUT2D eigenvalue weighted by Crippen LogP contribution is -2.05. The van der Waals surface area contributed by atoms with Gasteiger partial charge < -0.3 is 19.3 Å². The second kappa shape index (κ2) is 6.23. The maximum absolute atomic E-state index is 8.67. The maximum atomic E-state index is 8.67. The van der Waals surface area contributed by atoms with Gasteiger partial charge in [0.2, 0.25) is 0 Å². The summed E-state index contributed by atoms with van der Waals surface area (Å²) >= 11 is 3.42. The largest absolute Gasteiger partial charge is 0.493 e. The van der Waals surface area contributed by atoms with Crippen molar-refractivity contribution < 1.29 is 19.3 Å². The van der Waals surface area contributed by atoms with E-state index in [0.29, 0.717) is 19.6 Å². The molecule has 1 atom stereocenters. The predicted molar refractivity (Wildman–Crippen MR) is 66.6 cm³/mol. The molecule has 1 aromatic carbocycles. The number of benzene rings is 1. The zero-order valence-corrected chi connectivity index (χ0v) is 11.0. The molecule has 5 heteroatoms. The minimum Gasteiger partial charge on any atom is -0.493 e. The zero-order chi connectivity index (χ0) is 12.1. The lowest BCUT2D eigenvalue weighted by atomic mass is 10.3. The molecular weight excluding hydrogens is 288 g/mol. The van der Waals surface area contributed by atoms with Gasteiger partial charge in [-0.05, 0) is 28.1 Å².